The summed E-state index contributed by atoms with van der Waals surface area (Å²) in [5.74, 6) is -0.501. The van der Waals surface area contributed by atoms with E-state index in [1.54, 1.807) is 33.0 Å². The molecule has 0 saturated carbocycles. The lowest BCUT2D eigenvalue weighted by Gasteiger charge is -2.49. The molecule has 164 valence electrons. The third-order valence-electron chi connectivity index (χ3n) is 4.64. The Morgan fingerprint density at radius 2 is 2.16 bits per heavy atom. The highest BCUT2D eigenvalue weighted by atomic mass is 32.2. The molecule has 0 aromatic carbocycles. The maximum absolute atomic E-state index is 13.0. The number of hydrogen-bond donors (Lipinski definition) is 2. The van der Waals surface area contributed by atoms with Gasteiger partial charge in [0.15, 0.2) is 5.65 Å². The summed E-state index contributed by atoms with van der Waals surface area (Å²) in [6.45, 7) is 6.49. The average molecular weight is 446 g/mol. The first-order valence-electron chi connectivity index (χ1n) is 9.75. The van der Waals surface area contributed by atoms with Gasteiger partial charge in [-0.3, -0.25) is 14.5 Å². The second-order valence-electron chi connectivity index (χ2n) is 8.23. The molecule has 0 unspecified atom stereocenters. The molecule has 10 nitrogen and oxygen atoms in total. The fourth-order valence-electron chi connectivity index (χ4n) is 3.36. The first-order valence-corrected chi connectivity index (χ1v) is 10.8. The van der Waals surface area contributed by atoms with Gasteiger partial charge in [-0.25, -0.2) is 9.78 Å². The summed E-state index contributed by atoms with van der Waals surface area (Å²) in [5, 5.41) is 2.79. The first-order chi connectivity index (χ1) is 14.6. The number of nitrogens with one attached hydrogen (secondary N) is 2. The Kier molecular flexibility index (Phi) is 5.38. The number of carbonyl (C=O) groups excluding carboxylic acids is 3. The highest BCUT2D eigenvalue weighted by Crippen LogP contribution is 2.42. The van der Waals surface area contributed by atoms with Gasteiger partial charge in [-0.05, 0) is 32.9 Å². The Labute approximate surface area is 182 Å². The first kappa shape index (κ1) is 21.2. The van der Waals surface area contributed by atoms with Gasteiger partial charge < -0.3 is 19.8 Å². The van der Waals surface area contributed by atoms with Crippen LogP contribution in [-0.4, -0.2) is 67.1 Å². The Morgan fingerprint density at radius 1 is 1.39 bits per heavy atom. The van der Waals surface area contributed by atoms with E-state index >= 15 is 0 Å². The predicted molar refractivity (Wildman–Crippen MR) is 114 cm³/mol. The van der Waals surface area contributed by atoms with Crippen LogP contribution in [0, 0.1) is 0 Å². The van der Waals surface area contributed by atoms with Crippen LogP contribution in [0.3, 0.4) is 0 Å². The minimum atomic E-state index is -0.733. The van der Waals surface area contributed by atoms with Gasteiger partial charge in [-0.1, -0.05) is 0 Å². The quantitative estimate of drug-likeness (QED) is 0.523. The average Bonchev–Trinajstić information content (AvgIpc) is 3.11. The molecule has 2 aromatic rings. The van der Waals surface area contributed by atoms with Gasteiger partial charge >= 0.3 is 11.9 Å². The number of pyridine rings is 1. The molecule has 4 heterocycles. The van der Waals surface area contributed by atoms with E-state index in [0.29, 0.717) is 22.9 Å². The number of fused-ring (bicyclic) bond motifs is 2. The van der Waals surface area contributed by atoms with Crippen LogP contribution in [0.15, 0.2) is 29.6 Å². The SMILES string of the molecule is CC(=O)OCC1=C(C(=O)OC(C)(C)C)N2C(=O)[C@@H](Nc3nc4ncccc4[nH]3)[C@H]2SC1. The van der Waals surface area contributed by atoms with Gasteiger partial charge in [0.25, 0.3) is 5.91 Å². The number of β-lactam (4-membered cyclic amide) rings is 1. The Morgan fingerprint density at radius 3 is 2.84 bits per heavy atom. The van der Waals surface area contributed by atoms with Crippen LogP contribution in [0.25, 0.3) is 11.2 Å². The number of carbonyl (C=O) groups is 3. The van der Waals surface area contributed by atoms with Crippen molar-refractivity contribution in [3.05, 3.63) is 29.6 Å². The van der Waals surface area contributed by atoms with Crippen LogP contribution in [0.2, 0.25) is 0 Å². The number of aromatic amines is 1. The number of aromatic nitrogens is 3. The van der Waals surface area contributed by atoms with Crippen LogP contribution in [-0.2, 0) is 23.9 Å². The maximum Gasteiger partial charge on any atom is 0.355 e. The molecule has 2 atom stereocenters. The van der Waals surface area contributed by atoms with Crippen LogP contribution >= 0.6 is 11.8 Å². The predicted octanol–water partition coefficient (Wildman–Crippen LogP) is 1.81. The summed E-state index contributed by atoms with van der Waals surface area (Å²) in [6, 6.07) is 3.06. The van der Waals surface area contributed by atoms with Gasteiger partial charge in [-0.15, -0.1) is 11.8 Å². The maximum atomic E-state index is 13.0. The third kappa shape index (κ3) is 4.22. The topological polar surface area (TPSA) is 127 Å². The molecule has 2 N–H and O–H groups in total. The number of amides is 1. The summed E-state index contributed by atoms with van der Waals surface area (Å²) >= 11 is 1.48. The van der Waals surface area contributed by atoms with E-state index in [1.807, 2.05) is 6.07 Å². The molecule has 0 radical (unpaired) electrons. The van der Waals surface area contributed by atoms with Gasteiger partial charge in [0.05, 0.1) is 5.52 Å². The van der Waals surface area contributed by atoms with E-state index in [2.05, 4.69) is 20.3 Å². The Balaban J connectivity index is 1.57. The second kappa shape index (κ2) is 7.88. The van der Waals surface area contributed by atoms with Gasteiger partial charge in [0, 0.05) is 24.4 Å². The molecular weight excluding hydrogens is 422 g/mol. The molecule has 2 aromatic heterocycles. The number of nitrogens with zero attached hydrogens (tertiary/aromatic N) is 3. The van der Waals surface area contributed by atoms with E-state index in [4.69, 9.17) is 9.47 Å². The molecule has 1 saturated heterocycles. The minimum Gasteiger partial charge on any atom is -0.461 e. The highest BCUT2D eigenvalue weighted by molar-refractivity contribution is 8.00. The minimum absolute atomic E-state index is 0.0687. The lowest BCUT2D eigenvalue weighted by atomic mass is 10.0. The van der Waals surface area contributed by atoms with Gasteiger partial charge in [0.1, 0.15) is 29.3 Å². The standard InChI is InChI=1S/C20H23N5O5S/c1-10(26)29-8-11-9-31-17-13(23-19-22-12-6-5-7-21-15(12)24-19)16(27)25(17)14(11)18(28)30-20(2,3)4/h5-7,13,17H,8-9H2,1-4H3,(H2,21,22,23,24)/t13-,17-/m1/s1. The molecular formula is C20H23N5O5S. The molecule has 1 fully saturated rings. The zero-order valence-electron chi connectivity index (χ0n) is 17.6. The van der Waals surface area contributed by atoms with E-state index in [9.17, 15) is 14.4 Å². The number of H-pyrrole nitrogens is 1. The summed E-state index contributed by atoms with van der Waals surface area (Å²) in [7, 11) is 0. The van der Waals surface area contributed by atoms with Crippen molar-refractivity contribution in [3.63, 3.8) is 0 Å². The molecule has 0 bridgehead atoms. The van der Waals surface area contributed by atoms with Crippen molar-refractivity contribution in [3.8, 4) is 0 Å². The van der Waals surface area contributed by atoms with Gasteiger partial charge in [-0.2, -0.15) is 4.98 Å². The molecule has 0 spiro atoms. The van der Waals surface area contributed by atoms with Crippen molar-refractivity contribution in [1.82, 2.24) is 19.9 Å². The van der Waals surface area contributed by atoms with Crippen LogP contribution in [0.4, 0.5) is 5.95 Å². The molecule has 2 aliphatic rings. The lowest BCUT2D eigenvalue weighted by molar-refractivity contribution is -0.157. The fraction of sp³-hybridized carbons (Fsp3) is 0.450. The zero-order valence-corrected chi connectivity index (χ0v) is 18.4. The lowest BCUT2D eigenvalue weighted by Crippen LogP contribution is -2.68. The van der Waals surface area contributed by atoms with Crippen molar-refractivity contribution < 1.29 is 23.9 Å². The van der Waals surface area contributed by atoms with Crippen LogP contribution in [0.5, 0.6) is 0 Å². The number of imidazole rings is 1. The monoisotopic (exact) mass is 445 g/mol. The normalized spacial score (nSPS) is 20.9. The van der Waals surface area contributed by atoms with E-state index in [-0.39, 0.29) is 23.6 Å². The van der Waals surface area contributed by atoms with Crippen molar-refractivity contribution in [1.29, 1.82) is 0 Å². The highest BCUT2D eigenvalue weighted by Gasteiger charge is 2.54. The zero-order chi connectivity index (χ0) is 22.3. The third-order valence-corrected chi connectivity index (χ3v) is 5.98. The number of esters is 2. The smallest absolute Gasteiger partial charge is 0.355 e. The summed E-state index contributed by atoms with van der Waals surface area (Å²) in [6.07, 6.45) is 1.64. The number of thioether (sulfide) groups is 1. The molecule has 2 aliphatic heterocycles. The van der Waals surface area contributed by atoms with Crippen molar-refractivity contribution in [2.45, 2.75) is 44.7 Å². The summed E-state index contributed by atoms with van der Waals surface area (Å²) in [5.41, 5.74) is 1.26. The largest absolute Gasteiger partial charge is 0.461 e. The number of anilines is 1. The van der Waals surface area contributed by atoms with Crippen molar-refractivity contribution >= 4 is 46.7 Å². The van der Waals surface area contributed by atoms with E-state index in [0.717, 1.165) is 5.52 Å². The second-order valence-corrected chi connectivity index (χ2v) is 9.33. The summed E-state index contributed by atoms with van der Waals surface area (Å²) in [4.78, 5) is 50.2. The van der Waals surface area contributed by atoms with Gasteiger partial charge in [0.2, 0.25) is 5.95 Å². The molecule has 11 heteroatoms. The van der Waals surface area contributed by atoms with E-state index in [1.165, 1.54) is 23.6 Å². The summed E-state index contributed by atoms with van der Waals surface area (Å²) < 4.78 is 10.6. The van der Waals surface area contributed by atoms with E-state index < -0.39 is 23.6 Å². The number of hydrogen-bond acceptors (Lipinski definition) is 9. The number of rotatable bonds is 5. The molecule has 0 aliphatic carbocycles. The number of ether oxygens (including phenoxy) is 2. The Hall–Kier alpha value is -3.08. The van der Waals surface area contributed by atoms with Crippen molar-refractivity contribution in [2.24, 2.45) is 0 Å². The molecule has 4 rings (SSSR count). The molecule has 1 amide bonds. The Bertz CT molecular complexity index is 1060. The van der Waals surface area contributed by atoms with Crippen LogP contribution in [0.1, 0.15) is 27.7 Å². The molecule has 31 heavy (non-hydrogen) atoms. The van der Waals surface area contributed by atoms with Crippen LogP contribution < -0.4 is 5.32 Å². The van der Waals surface area contributed by atoms with Crippen molar-refractivity contribution in [2.75, 3.05) is 17.7 Å². The fourth-order valence-corrected chi connectivity index (χ4v) is 4.69.